The van der Waals surface area contributed by atoms with Crippen molar-refractivity contribution in [1.82, 2.24) is 19.9 Å². The number of pyridine rings is 1. The molecule has 0 aliphatic carbocycles. The van der Waals surface area contributed by atoms with Crippen LogP contribution in [0.15, 0.2) is 194 Å². The topological polar surface area (TPSA) is 51.6 Å². The lowest BCUT2D eigenvalue weighted by atomic mass is 9.99. The minimum Gasteiger partial charge on any atom is -0.246 e. The minimum absolute atomic E-state index is 0.627. The molecule has 0 saturated heterocycles. The summed E-state index contributed by atoms with van der Waals surface area (Å²) >= 11 is 3.66. The molecule has 0 spiro atoms. The van der Waals surface area contributed by atoms with Gasteiger partial charge in [0.2, 0.25) is 0 Å². The van der Waals surface area contributed by atoms with Crippen molar-refractivity contribution in [3.63, 3.8) is 0 Å². The Balaban J connectivity index is 0.947. The van der Waals surface area contributed by atoms with Gasteiger partial charge in [-0.25, -0.2) is 19.9 Å². The third kappa shape index (κ3) is 5.88. The third-order valence-corrected chi connectivity index (χ3v) is 13.7. The van der Waals surface area contributed by atoms with Crippen LogP contribution in [0.3, 0.4) is 0 Å². The number of hydrogen-bond acceptors (Lipinski definition) is 6. The molecule has 0 amide bonds. The van der Waals surface area contributed by atoms with Crippen molar-refractivity contribution in [2.45, 2.75) is 0 Å². The van der Waals surface area contributed by atoms with Gasteiger partial charge in [-0.15, -0.1) is 22.7 Å². The standard InChI is InChI=1S/C54H32N4S2/c1-3-13-34(14-4-1)49-51-48(44-20-8-10-24-47(44)60-51)43-30-29-37(32-45(43)55-49)33-25-27-36(28-26-33)53-56-52(35-15-5-2-6-16-35)57-54(58-53)39-18-11-17-38(31-39)40-21-12-22-42-41-19-7-9-23-46(41)59-50(40)42/h1-32H. The number of nitrogens with zero attached hydrogens (tertiary/aromatic N) is 4. The Morgan fingerprint density at radius 1 is 0.300 bits per heavy atom. The van der Waals surface area contributed by atoms with Gasteiger partial charge in [-0.2, -0.15) is 0 Å². The van der Waals surface area contributed by atoms with Crippen molar-refractivity contribution >= 4 is 73.9 Å². The fourth-order valence-electron chi connectivity index (χ4n) is 8.42. The maximum Gasteiger partial charge on any atom is 0.164 e. The average molecular weight is 801 g/mol. The predicted molar refractivity (Wildman–Crippen MR) is 254 cm³/mol. The highest BCUT2D eigenvalue weighted by atomic mass is 32.1. The van der Waals surface area contributed by atoms with Crippen molar-refractivity contribution in [2.75, 3.05) is 0 Å². The van der Waals surface area contributed by atoms with Crippen molar-refractivity contribution in [3.8, 4) is 67.7 Å². The Labute approximate surface area is 353 Å². The van der Waals surface area contributed by atoms with E-state index in [0.717, 1.165) is 50.2 Å². The molecule has 4 heterocycles. The van der Waals surface area contributed by atoms with Crippen LogP contribution in [0, 0.1) is 0 Å². The number of fused-ring (bicyclic) bond motifs is 8. The van der Waals surface area contributed by atoms with Crippen molar-refractivity contribution < 1.29 is 0 Å². The van der Waals surface area contributed by atoms with Crippen LogP contribution < -0.4 is 0 Å². The molecule has 8 aromatic carbocycles. The second-order valence-corrected chi connectivity index (χ2v) is 17.1. The molecule has 280 valence electrons. The summed E-state index contributed by atoms with van der Waals surface area (Å²) in [5.41, 5.74) is 10.5. The first-order valence-electron chi connectivity index (χ1n) is 20.0. The maximum absolute atomic E-state index is 5.33. The number of hydrogen-bond donors (Lipinski definition) is 0. The summed E-state index contributed by atoms with van der Waals surface area (Å²) in [6.07, 6.45) is 0. The van der Waals surface area contributed by atoms with E-state index >= 15 is 0 Å². The lowest BCUT2D eigenvalue weighted by molar-refractivity contribution is 1.07. The molecule has 0 saturated carbocycles. The fourth-order valence-corrected chi connectivity index (χ4v) is 10.9. The van der Waals surface area contributed by atoms with Gasteiger partial charge < -0.3 is 0 Å². The molecule has 12 rings (SSSR count). The van der Waals surface area contributed by atoms with E-state index in [0.29, 0.717) is 17.5 Å². The van der Waals surface area contributed by atoms with Crippen LogP contribution in [-0.4, -0.2) is 19.9 Å². The summed E-state index contributed by atoms with van der Waals surface area (Å²) in [6.45, 7) is 0. The van der Waals surface area contributed by atoms with E-state index in [-0.39, 0.29) is 0 Å². The lowest BCUT2D eigenvalue weighted by Crippen LogP contribution is -2.00. The number of aromatic nitrogens is 4. The molecule has 0 radical (unpaired) electrons. The Hall–Kier alpha value is -7.38. The van der Waals surface area contributed by atoms with Gasteiger partial charge in [-0.1, -0.05) is 170 Å². The summed E-state index contributed by atoms with van der Waals surface area (Å²) in [7, 11) is 0. The highest BCUT2D eigenvalue weighted by Crippen LogP contribution is 2.44. The largest absolute Gasteiger partial charge is 0.246 e. The van der Waals surface area contributed by atoms with Crippen molar-refractivity contribution in [2.24, 2.45) is 0 Å². The van der Waals surface area contributed by atoms with E-state index in [1.807, 2.05) is 53.0 Å². The van der Waals surface area contributed by atoms with E-state index in [9.17, 15) is 0 Å². The molecule has 6 heteroatoms. The second kappa shape index (κ2) is 14.2. The van der Waals surface area contributed by atoms with E-state index in [4.69, 9.17) is 19.9 Å². The molecule has 0 aliphatic rings. The molecule has 4 nitrogen and oxygen atoms in total. The first-order chi connectivity index (χ1) is 29.7. The van der Waals surface area contributed by atoms with Gasteiger partial charge in [-0.05, 0) is 46.5 Å². The molecule has 12 aromatic rings. The summed E-state index contributed by atoms with van der Waals surface area (Å²) in [5, 5.41) is 6.27. The molecule has 0 unspecified atom stereocenters. The molecular weight excluding hydrogens is 769 g/mol. The van der Waals surface area contributed by atoms with Gasteiger partial charge in [0.1, 0.15) is 0 Å². The first-order valence-corrected chi connectivity index (χ1v) is 21.6. The van der Waals surface area contributed by atoms with Crippen LogP contribution in [0.2, 0.25) is 0 Å². The summed E-state index contributed by atoms with van der Waals surface area (Å²) in [6, 6.07) is 68.4. The van der Waals surface area contributed by atoms with Crippen molar-refractivity contribution in [1.29, 1.82) is 0 Å². The first kappa shape index (κ1) is 34.6. The molecule has 4 aromatic heterocycles. The van der Waals surface area contributed by atoms with E-state index in [1.165, 1.54) is 51.3 Å². The molecule has 0 fully saturated rings. The Bertz CT molecular complexity index is 3590. The Morgan fingerprint density at radius 3 is 1.60 bits per heavy atom. The number of benzene rings is 8. The van der Waals surface area contributed by atoms with Gasteiger partial charge in [0.25, 0.3) is 0 Å². The molecule has 0 bridgehead atoms. The van der Waals surface area contributed by atoms with E-state index in [2.05, 4.69) is 164 Å². The quantitative estimate of drug-likeness (QED) is 0.168. The molecular formula is C54H32N4S2. The number of rotatable bonds is 6. The Morgan fingerprint density at radius 2 is 0.833 bits per heavy atom. The Kier molecular flexibility index (Phi) is 8.18. The summed E-state index contributed by atoms with van der Waals surface area (Å²) < 4.78 is 5.07. The zero-order chi connectivity index (χ0) is 39.6. The highest BCUT2D eigenvalue weighted by Gasteiger charge is 2.18. The number of thiophene rings is 2. The smallest absolute Gasteiger partial charge is 0.164 e. The third-order valence-electron chi connectivity index (χ3n) is 11.3. The summed E-state index contributed by atoms with van der Waals surface area (Å²) in [5.74, 6) is 1.90. The normalized spacial score (nSPS) is 11.7. The maximum atomic E-state index is 5.33. The van der Waals surface area contributed by atoms with E-state index < -0.39 is 0 Å². The van der Waals surface area contributed by atoms with Gasteiger partial charge in [0.05, 0.1) is 15.9 Å². The van der Waals surface area contributed by atoms with E-state index in [1.54, 1.807) is 0 Å². The molecule has 0 aliphatic heterocycles. The second-order valence-electron chi connectivity index (χ2n) is 15.0. The SMILES string of the molecule is c1ccc(-c2nc(-c3ccc(-c4ccc5c(c4)nc(-c4ccccc4)c4sc6ccccc6c45)cc3)nc(-c3cccc(-c4cccc5c4sc4ccccc45)c3)n2)cc1. The minimum atomic E-state index is 0.627. The van der Waals surface area contributed by atoms with Gasteiger partial charge in [-0.3, -0.25) is 0 Å². The summed E-state index contributed by atoms with van der Waals surface area (Å²) in [4.78, 5) is 20.6. The average Bonchev–Trinajstić information content (AvgIpc) is 3.91. The molecule has 0 N–H and O–H groups in total. The van der Waals surface area contributed by atoms with Gasteiger partial charge in [0, 0.05) is 63.3 Å². The lowest BCUT2D eigenvalue weighted by Gasteiger charge is -2.11. The predicted octanol–water partition coefficient (Wildman–Crippen LogP) is 15.2. The molecule has 0 atom stereocenters. The highest BCUT2D eigenvalue weighted by molar-refractivity contribution is 7.26. The fraction of sp³-hybridized carbons (Fsp3) is 0. The van der Waals surface area contributed by atoms with Crippen LogP contribution in [0.25, 0.3) is 119 Å². The zero-order valence-corrected chi connectivity index (χ0v) is 33.7. The zero-order valence-electron chi connectivity index (χ0n) is 32.1. The van der Waals surface area contributed by atoms with Crippen molar-refractivity contribution in [3.05, 3.63) is 194 Å². The van der Waals surface area contributed by atoms with Crippen LogP contribution in [0.5, 0.6) is 0 Å². The molecule has 60 heavy (non-hydrogen) atoms. The van der Waals surface area contributed by atoms with Crippen LogP contribution in [0.1, 0.15) is 0 Å². The monoisotopic (exact) mass is 800 g/mol. The van der Waals surface area contributed by atoms with Crippen LogP contribution in [0.4, 0.5) is 0 Å². The van der Waals surface area contributed by atoms with Gasteiger partial charge >= 0.3 is 0 Å². The van der Waals surface area contributed by atoms with Gasteiger partial charge in [0.15, 0.2) is 17.5 Å². The van der Waals surface area contributed by atoms with Crippen LogP contribution >= 0.6 is 22.7 Å². The van der Waals surface area contributed by atoms with Crippen LogP contribution in [-0.2, 0) is 0 Å².